The summed E-state index contributed by atoms with van der Waals surface area (Å²) >= 11 is 4.76. The van der Waals surface area contributed by atoms with E-state index < -0.39 is 0 Å². The monoisotopic (exact) mass is 283 g/mol. The van der Waals surface area contributed by atoms with E-state index in [4.69, 9.17) is 0 Å². The second-order valence-electron chi connectivity index (χ2n) is 3.36. The first kappa shape index (κ1) is 10.6. The molecule has 0 saturated heterocycles. The molecular weight excluding hydrogens is 274 g/mol. The number of hydrogen-bond acceptors (Lipinski definition) is 4. The van der Waals surface area contributed by atoms with Gasteiger partial charge in [0, 0.05) is 5.69 Å². The Morgan fingerprint density at radius 3 is 2.33 bits per heavy atom. The number of aryl methyl sites for hydroxylation is 2. The predicted octanol–water partition coefficient (Wildman–Crippen LogP) is 3.66. The molecule has 0 spiro atoms. The zero-order valence-electron chi connectivity index (χ0n) is 8.41. The number of nitrogens with zero attached hydrogens (tertiary/aromatic N) is 2. The van der Waals surface area contributed by atoms with Crippen LogP contribution in [0.15, 0.2) is 22.1 Å². The molecule has 2 aromatic rings. The Morgan fingerprint density at radius 1 is 1.13 bits per heavy atom. The van der Waals surface area contributed by atoms with Crippen molar-refractivity contribution in [2.45, 2.75) is 13.8 Å². The molecule has 0 fully saturated rings. The lowest BCUT2D eigenvalue weighted by Crippen LogP contribution is -1.91. The molecule has 0 bridgehead atoms. The van der Waals surface area contributed by atoms with Crippen LogP contribution in [0.3, 0.4) is 0 Å². The van der Waals surface area contributed by atoms with Crippen molar-refractivity contribution in [2.24, 2.45) is 0 Å². The highest BCUT2D eigenvalue weighted by Crippen LogP contribution is 2.24. The number of nitrogens with one attached hydrogen (secondary N) is 1. The minimum atomic E-state index is 0.786. The van der Waals surface area contributed by atoms with E-state index in [1.807, 2.05) is 0 Å². The molecule has 5 heteroatoms. The average molecular weight is 284 g/mol. The Morgan fingerprint density at radius 2 is 1.80 bits per heavy atom. The third-order valence-electron chi connectivity index (χ3n) is 1.87. The highest BCUT2D eigenvalue weighted by atomic mass is 79.9. The minimum absolute atomic E-state index is 0.786. The van der Waals surface area contributed by atoms with E-state index in [1.54, 1.807) is 0 Å². The second-order valence-corrected chi connectivity index (χ2v) is 5.62. The van der Waals surface area contributed by atoms with E-state index in [-0.39, 0.29) is 0 Å². The summed E-state index contributed by atoms with van der Waals surface area (Å²) in [6, 6.07) is 6.31. The molecule has 0 radical (unpaired) electrons. The molecule has 0 aliphatic rings. The van der Waals surface area contributed by atoms with Gasteiger partial charge in [0.2, 0.25) is 5.13 Å². The molecule has 2 rings (SSSR count). The van der Waals surface area contributed by atoms with Gasteiger partial charge in [0.25, 0.3) is 0 Å². The summed E-state index contributed by atoms with van der Waals surface area (Å²) < 4.78 is 0.786. The molecule has 78 valence electrons. The molecule has 15 heavy (non-hydrogen) atoms. The Hall–Kier alpha value is -0.940. The van der Waals surface area contributed by atoms with Crippen LogP contribution in [0.5, 0.6) is 0 Å². The fourth-order valence-corrected chi connectivity index (χ4v) is 2.46. The smallest absolute Gasteiger partial charge is 0.210 e. The van der Waals surface area contributed by atoms with Crippen molar-refractivity contribution >= 4 is 38.1 Å². The second kappa shape index (κ2) is 4.28. The summed E-state index contributed by atoms with van der Waals surface area (Å²) in [7, 11) is 0. The fraction of sp³-hybridized carbons (Fsp3) is 0.200. The molecule has 0 amide bonds. The molecule has 3 nitrogen and oxygen atoms in total. The van der Waals surface area contributed by atoms with Crippen LogP contribution in [-0.4, -0.2) is 10.2 Å². The summed E-state index contributed by atoms with van der Waals surface area (Å²) in [5.74, 6) is 0. The van der Waals surface area contributed by atoms with Gasteiger partial charge in [-0.3, -0.25) is 0 Å². The fourth-order valence-electron chi connectivity index (χ4n) is 1.43. The predicted molar refractivity (Wildman–Crippen MR) is 66.8 cm³/mol. The highest BCUT2D eigenvalue weighted by Gasteiger charge is 2.02. The molecular formula is C10H10BrN3S. The number of hydrogen-bond donors (Lipinski definition) is 1. The van der Waals surface area contributed by atoms with E-state index in [0.29, 0.717) is 0 Å². The Kier molecular flexibility index (Phi) is 3.02. The standard InChI is InChI=1S/C10H10BrN3S/c1-6-3-7(2)5-8(4-6)12-10-14-13-9(11)15-10/h3-5H,1-2H3,(H,12,14). The van der Waals surface area contributed by atoms with E-state index in [1.165, 1.54) is 22.5 Å². The summed E-state index contributed by atoms with van der Waals surface area (Å²) in [6.45, 7) is 4.16. The van der Waals surface area contributed by atoms with Gasteiger partial charge in [0.05, 0.1) is 0 Å². The first-order chi connectivity index (χ1) is 7.13. The van der Waals surface area contributed by atoms with Crippen LogP contribution in [-0.2, 0) is 0 Å². The summed E-state index contributed by atoms with van der Waals surface area (Å²) in [4.78, 5) is 0. The van der Waals surface area contributed by atoms with Crippen LogP contribution >= 0.6 is 27.3 Å². The highest BCUT2D eigenvalue weighted by molar-refractivity contribution is 9.11. The molecule has 1 N–H and O–H groups in total. The maximum Gasteiger partial charge on any atom is 0.210 e. The first-order valence-electron chi connectivity index (χ1n) is 4.48. The van der Waals surface area contributed by atoms with Crippen molar-refractivity contribution < 1.29 is 0 Å². The molecule has 0 aliphatic heterocycles. The van der Waals surface area contributed by atoms with Crippen molar-refractivity contribution in [3.05, 3.63) is 33.2 Å². The van der Waals surface area contributed by atoms with Crippen molar-refractivity contribution in [2.75, 3.05) is 5.32 Å². The summed E-state index contributed by atoms with van der Waals surface area (Å²) in [5.41, 5.74) is 3.53. The lowest BCUT2D eigenvalue weighted by molar-refractivity contribution is 1.07. The third-order valence-corrected chi connectivity index (χ3v) is 3.14. The number of halogens is 1. The van der Waals surface area contributed by atoms with Crippen LogP contribution in [0, 0.1) is 13.8 Å². The van der Waals surface area contributed by atoms with Gasteiger partial charge in [0.1, 0.15) is 0 Å². The molecule has 1 aromatic heterocycles. The maximum atomic E-state index is 3.98. The van der Waals surface area contributed by atoms with Gasteiger partial charge in [-0.05, 0) is 53.0 Å². The average Bonchev–Trinajstić information content (AvgIpc) is 2.49. The Labute approximate surface area is 101 Å². The van der Waals surface area contributed by atoms with Crippen LogP contribution < -0.4 is 5.32 Å². The summed E-state index contributed by atoms with van der Waals surface area (Å²) in [5, 5.41) is 11.9. The van der Waals surface area contributed by atoms with Gasteiger partial charge in [-0.2, -0.15) is 0 Å². The SMILES string of the molecule is Cc1cc(C)cc(Nc2nnc(Br)s2)c1. The number of anilines is 2. The lowest BCUT2D eigenvalue weighted by Gasteiger charge is -2.04. The van der Waals surface area contributed by atoms with Gasteiger partial charge in [0.15, 0.2) is 3.92 Å². The molecule has 0 saturated carbocycles. The number of rotatable bonds is 2. The third kappa shape index (κ3) is 2.76. The zero-order valence-corrected chi connectivity index (χ0v) is 10.8. The molecule has 0 atom stereocenters. The molecule has 0 unspecified atom stereocenters. The van der Waals surface area contributed by atoms with Crippen molar-refractivity contribution in [1.29, 1.82) is 0 Å². The van der Waals surface area contributed by atoms with Gasteiger partial charge < -0.3 is 5.32 Å². The van der Waals surface area contributed by atoms with Crippen LogP contribution in [0.25, 0.3) is 0 Å². The quantitative estimate of drug-likeness (QED) is 0.914. The Bertz CT molecular complexity index is 461. The van der Waals surface area contributed by atoms with Crippen LogP contribution in [0.4, 0.5) is 10.8 Å². The van der Waals surface area contributed by atoms with E-state index >= 15 is 0 Å². The van der Waals surface area contributed by atoms with Gasteiger partial charge in [-0.15, -0.1) is 10.2 Å². The van der Waals surface area contributed by atoms with E-state index in [2.05, 4.69) is 63.5 Å². The van der Waals surface area contributed by atoms with Crippen molar-refractivity contribution in [1.82, 2.24) is 10.2 Å². The Balaban J connectivity index is 2.24. The van der Waals surface area contributed by atoms with Crippen LogP contribution in [0.1, 0.15) is 11.1 Å². The van der Waals surface area contributed by atoms with Crippen molar-refractivity contribution in [3.63, 3.8) is 0 Å². The van der Waals surface area contributed by atoms with Crippen LogP contribution in [0.2, 0.25) is 0 Å². The van der Waals surface area contributed by atoms with Gasteiger partial charge >= 0.3 is 0 Å². The van der Waals surface area contributed by atoms with Crippen molar-refractivity contribution in [3.8, 4) is 0 Å². The van der Waals surface area contributed by atoms with Gasteiger partial charge in [-0.1, -0.05) is 17.4 Å². The van der Waals surface area contributed by atoms with Gasteiger partial charge in [-0.25, -0.2) is 0 Å². The normalized spacial score (nSPS) is 10.3. The zero-order chi connectivity index (χ0) is 10.8. The first-order valence-corrected chi connectivity index (χ1v) is 6.09. The number of benzene rings is 1. The minimum Gasteiger partial charge on any atom is -0.330 e. The topological polar surface area (TPSA) is 37.8 Å². The number of aromatic nitrogens is 2. The maximum absolute atomic E-state index is 3.98. The molecule has 0 aliphatic carbocycles. The largest absolute Gasteiger partial charge is 0.330 e. The molecule has 1 aromatic carbocycles. The summed E-state index contributed by atoms with van der Waals surface area (Å²) in [6.07, 6.45) is 0. The lowest BCUT2D eigenvalue weighted by atomic mass is 10.1. The molecule has 1 heterocycles. The van der Waals surface area contributed by atoms with E-state index in [0.717, 1.165) is 14.7 Å². The van der Waals surface area contributed by atoms with E-state index in [9.17, 15) is 0 Å².